The van der Waals surface area contributed by atoms with Crippen molar-refractivity contribution >= 4 is 11.9 Å². The van der Waals surface area contributed by atoms with Gasteiger partial charge in [0.2, 0.25) is 0 Å². The minimum Gasteiger partial charge on any atom is -0.385 e. The zero-order chi connectivity index (χ0) is 13.0. The number of amidine groups is 1. The van der Waals surface area contributed by atoms with E-state index in [1.165, 1.54) is 0 Å². The van der Waals surface area contributed by atoms with E-state index in [0.29, 0.717) is 18.5 Å². The molecule has 2 aliphatic heterocycles. The van der Waals surface area contributed by atoms with Gasteiger partial charge in [-0.1, -0.05) is 6.92 Å². The molecule has 1 aliphatic carbocycles. The first-order chi connectivity index (χ1) is 8.51. The number of nitrogens with zero attached hydrogens (tertiary/aromatic N) is 2. The molecule has 2 N–H and O–H groups in total. The first-order valence-electron chi connectivity index (χ1n) is 6.83. The molecular formula is C13H21N3O2. The summed E-state index contributed by atoms with van der Waals surface area (Å²) in [5.41, 5.74) is 5.53. The topological polar surface area (TPSA) is 67.9 Å². The molecule has 0 aromatic heterocycles. The van der Waals surface area contributed by atoms with Crippen molar-refractivity contribution in [2.75, 3.05) is 6.61 Å². The van der Waals surface area contributed by atoms with Crippen LogP contribution in [0.25, 0.3) is 0 Å². The Morgan fingerprint density at radius 3 is 2.89 bits per heavy atom. The monoisotopic (exact) mass is 251 g/mol. The van der Waals surface area contributed by atoms with Gasteiger partial charge in [0.15, 0.2) is 0 Å². The minimum atomic E-state index is -0.374. The highest BCUT2D eigenvalue weighted by atomic mass is 16.5. The molecule has 2 atom stereocenters. The molecule has 5 nitrogen and oxygen atoms in total. The van der Waals surface area contributed by atoms with Crippen LogP contribution < -0.4 is 5.73 Å². The van der Waals surface area contributed by atoms with Crippen molar-refractivity contribution in [1.82, 2.24) is 4.90 Å². The van der Waals surface area contributed by atoms with E-state index in [4.69, 9.17) is 10.5 Å². The number of hydrogen-bond acceptors (Lipinski definition) is 3. The lowest BCUT2D eigenvalue weighted by Crippen LogP contribution is -2.61. The van der Waals surface area contributed by atoms with Crippen molar-refractivity contribution in [1.29, 1.82) is 0 Å². The second-order valence-corrected chi connectivity index (χ2v) is 5.99. The normalized spacial score (nSPS) is 40.4. The number of urea groups is 1. The fraction of sp³-hybridized carbons (Fsp3) is 0.846. The number of nitrogens with two attached hydrogens (primary N) is 1. The van der Waals surface area contributed by atoms with Crippen LogP contribution in [0.5, 0.6) is 0 Å². The Morgan fingerprint density at radius 2 is 2.28 bits per heavy atom. The average Bonchev–Trinajstić information content (AvgIpc) is 3.10. The highest BCUT2D eigenvalue weighted by Crippen LogP contribution is 2.46. The second-order valence-electron chi connectivity index (χ2n) is 5.99. The van der Waals surface area contributed by atoms with E-state index in [-0.39, 0.29) is 17.2 Å². The van der Waals surface area contributed by atoms with Crippen LogP contribution in [0.4, 0.5) is 4.79 Å². The minimum absolute atomic E-state index is 0.143. The highest BCUT2D eigenvalue weighted by molar-refractivity contribution is 6.06. The Morgan fingerprint density at radius 1 is 1.56 bits per heavy atom. The van der Waals surface area contributed by atoms with Crippen LogP contribution in [0, 0.1) is 0 Å². The number of ether oxygens (including phenoxy) is 1. The predicted octanol–water partition coefficient (Wildman–Crippen LogP) is 1.66. The molecule has 2 fully saturated rings. The quantitative estimate of drug-likeness (QED) is 0.811. The zero-order valence-corrected chi connectivity index (χ0v) is 11.1. The third-order valence-corrected chi connectivity index (χ3v) is 4.65. The summed E-state index contributed by atoms with van der Waals surface area (Å²) >= 11 is 0. The lowest BCUT2D eigenvalue weighted by atomic mass is 9.77. The van der Waals surface area contributed by atoms with Crippen molar-refractivity contribution < 1.29 is 9.53 Å². The van der Waals surface area contributed by atoms with E-state index in [1.54, 1.807) is 0 Å². The molecule has 0 aromatic carbocycles. The lowest BCUT2D eigenvalue weighted by molar-refractivity contribution is -0.103. The lowest BCUT2D eigenvalue weighted by Gasteiger charge is -2.48. The van der Waals surface area contributed by atoms with Crippen molar-refractivity contribution in [2.45, 2.75) is 63.1 Å². The third-order valence-electron chi connectivity index (χ3n) is 4.65. The Kier molecular flexibility index (Phi) is 2.46. The van der Waals surface area contributed by atoms with Crippen LogP contribution in [0.2, 0.25) is 0 Å². The van der Waals surface area contributed by atoms with Gasteiger partial charge in [-0.15, -0.1) is 0 Å². The summed E-state index contributed by atoms with van der Waals surface area (Å²) in [6, 6.07) is 0.205. The van der Waals surface area contributed by atoms with E-state index >= 15 is 0 Å². The van der Waals surface area contributed by atoms with Gasteiger partial charge in [0.05, 0.1) is 5.60 Å². The summed E-state index contributed by atoms with van der Waals surface area (Å²) in [5.74, 6) is 0.502. The van der Waals surface area contributed by atoms with Gasteiger partial charge >= 0.3 is 6.03 Å². The molecule has 2 unspecified atom stereocenters. The molecule has 0 aromatic rings. The van der Waals surface area contributed by atoms with Crippen molar-refractivity contribution in [3.05, 3.63) is 0 Å². The molecule has 2 amide bonds. The number of carbonyl (C=O) groups is 1. The summed E-state index contributed by atoms with van der Waals surface area (Å²) in [4.78, 5) is 18.0. The number of carbonyl (C=O) groups excluding carboxylic acids is 1. The van der Waals surface area contributed by atoms with Gasteiger partial charge in [-0.2, -0.15) is 4.99 Å². The molecule has 3 rings (SSSR count). The van der Waals surface area contributed by atoms with E-state index in [1.807, 2.05) is 4.90 Å². The first-order valence-corrected chi connectivity index (χ1v) is 6.83. The maximum Gasteiger partial charge on any atom is 0.346 e. The Labute approximate surface area is 107 Å². The molecule has 18 heavy (non-hydrogen) atoms. The number of hydrogen-bond donors (Lipinski definition) is 1. The summed E-state index contributed by atoms with van der Waals surface area (Å²) in [6.45, 7) is 4.87. The molecule has 0 bridgehead atoms. The number of rotatable bonds is 2. The van der Waals surface area contributed by atoms with Gasteiger partial charge in [-0.3, -0.25) is 0 Å². The van der Waals surface area contributed by atoms with Crippen LogP contribution in [0.1, 0.15) is 46.0 Å². The Balaban J connectivity index is 1.95. The maximum absolute atomic E-state index is 12.1. The molecule has 1 saturated heterocycles. The molecule has 1 spiro atoms. The van der Waals surface area contributed by atoms with Gasteiger partial charge in [-0.25, -0.2) is 4.79 Å². The Bertz CT molecular complexity index is 418. The van der Waals surface area contributed by atoms with Crippen molar-refractivity contribution in [2.24, 2.45) is 10.7 Å². The van der Waals surface area contributed by atoms with Gasteiger partial charge in [0, 0.05) is 25.5 Å². The molecule has 100 valence electrons. The summed E-state index contributed by atoms with van der Waals surface area (Å²) in [7, 11) is 0. The smallest absolute Gasteiger partial charge is 0.346 e. The zero-order valence-electron chi connectivity index (χ0n) is 11.1. The summed E-state index contributed by atoms with van der Waals surface area (Å²) in [5, 5.41) is 0. The van der Waals surface area contributed by atoms with E-state index in [0.717, 1.165) is 32.1 Å². The Hall–Kier alpha value is -1.10. The largest absolute Gasteiger partial charge is 0.385 e. The first kappa shape index (κ1) is 12.0. The van der Waals surface area contributed by atoms with E-state index in [9.17, 15) is 4.79 Å². The molecule has 5 heteroatoms. The highest BCUT2D eigenvalue weighted by Gasteiger charge is 2.57. The fourth-order valence-corrected chi connectivity index (χ4v) is 3.28. The predicted molar refractivity (Wildman–Crippen MR) is 68.5 cm³/mol. The number of amides is 2. The van der Waals surface area contributed by atoms with Crippen LogP contribution in [0.15, 0.2) is 4.99 Å². The van der Waals surface area contributed by atoms with Crippen LogP contribution in [-0.2, 0) is 4.74 Å². The molecule has 3 aliphatic rings. The second kappa shape index (κ2) is 3.70. The molecule has 0 radical (unpaired) electrons. The van der Waals surface area contributed by atoms with Gasteiger partial charge in [0.25, 0.3) is 0 Å². The van der Waals surface area contributed by atoms with Crippen LogP contribution in [-0.4, -0.2) is 40.6 Å². The van der Waals surface area contributed by atoms with Gasteiger partial charge < -0.3 is 15.4 Å². The van der Waals surface area contributed by atoms with Crippen LogP contribution in [0.3, 0.4) is 0 Å². The molecule has 1 saturated carbocycles. The third kappa shape index (κ3) is 1.56. The summed E-state index contributed by atoms with van der Waals surface area (Å²) < 4.78 is 5.88. The van der Waals surface area contributed by atoms with E-state index < -0.39 is 0 Å². The molecule has 2 heterocycles. The SMILES string of the molecule is CCC1(C)CC2(CCO1)C(N)=NC(=O)N2C1CC1. The van der Waals surface area contributed by atoms with Crippen molar-refractivity contribution in [3.8, 4) is 0 Å². The van der Waals surface area contributed by atoms with Gasteiger partial charge in [0.1, 0.15) is 11.4 Å². The molecular weight excluding hydrogens is 230 g/mol. The maximum atomic E-state index is 12.1. The average molecular weight is 251 g/mol. The summed E-state index contributed by atoms with van der Waals surface area (Å²) in [6.07, 6.45) is 4.64. The number of aliphatic imine (C=N–C) groups is 1. The van der Waals surface area contributed by atoms with E-state index in [2.05, 4.69) is 18.8 Å². The fourth-order valence-electron chi connectivity index (χ4n) is 3.28. The standard InChI is InChI=1S/C13H21N3O2/c1-3-12(2)8-13(6-7-18-12)10(14)15-11(17)16(13)9-4-5-9/h9H,3-8H2,1-2H3,(H2,14,15,17). The van der Waals surface area contributed by atoms with Crippen molar-refractivity contribution in [3.63, 3.8) is 0 Å². The van der Waals surface area contributed by atoms with Gasteiger partial charge in [-0.05, 0) is 26.2 Å². The van der Waals surface area contributed by atoms with Crippen LogP contribution >= 0.6 is 0 Å².